The molecule has 9 heteroatoms. The number of allylic oxidation sites excluding steroid dienone is 5. The van der Waals surface area contributed by atoms with Crippen LogP contribution < -0.4 is 9.47 Å². The van der Waals surface area contributed by atoms with Crippen LogP contribution in [0.25, 0.3) is 0 Å². The van der Waals surface area contributed by atoms with Gasteiger partial charge in [0.1, 0.15) is 6.54 Å². The molecular weight excluding hydrogens is 514 g/mol. The lowest BCUT2D eigenvalue weighted by molar-refractivity contribution is -0.139. The zero-order valence-corrected chi connectivity index (χ0v) is 23.8. The van der Waals surface area contributed by atoms with E-state index in [1.807, 2.05) is 33.8 Å². The van der Waals surface area contributed by atoms with Crippen LogP contribution in [-0.4, -0.2) is 58.9 Å². The van der Waals surface area contributed by atoms with Crippen LogP contribution in [0.15, 0.2) is 47.3 Å². The second kappa shape index (κ2) is 10.6. The van der Waals surface area contributed by atoms with Crippen molar-refractivity contribution >= 4 is 23.5 Å². The molecule has 0 amide bonds. The van der Waals surface area contributed by atoms with Gasteiger partial charge in [-0.1, -0.05) is 39.8 Å². The van der Waals surface area contributed by atoms with Crippen molar-refractivity contribution in [2.75, 3.05) is 20.3 Å². The van der Waals surface area contributed by atoms with Crippen LogP contribution in [-0.2, 0) is 25.6 Å². The number of hydrogen-bond acceptors (Lipinski definition) is 7. The van der Waals surface area contributed by atoms with Gasteiger partial charge >= 0.3 is 11.9 Å². The minimum absolute atomic E-state index is 0.119. The molecule has 0 aromatic heterocycles. The summed E-state index contributed by atoms with van der Waals surface area (Å²) in [5, 5.41) is 19.1. The summed E-state index contributed by atoms with van der Waals surface area (Å²) < 4.78 is 11.2. The Morgan fingerprint density at radius 1 is 0.975 bits per heavy atom. The molecule has 0 radical (unpaired) electrons. The summed E-state index contributed by atoms with van der Waals surface area (Å²) in [5.41, 5.74) is 2.65. The average Bonchev–Trinajstić information content (AvgIpc) is 2.82. The minimum Gasteiger partial charge on any atom is -0.493 e. The number of carbonyl (C=O) groups excluding carboxylic acids is 2. The van der Waals surface area contributed by atoms with Gasteiger partial charge in [0.05, 0.1) is 7.11 Å². The maximum absolute atomic E-state index is 13.9. The molecule has 0 saturated heterocycles. The van der Waals surface area contributed by atoms with Crippen molar-refractivity contribution in [1.29, 1.82) is 0 Å². The van der Waals surface area contributed by atoms with Crippen molar-refractivity contribution in [3.63, 3.8) is 0 Å². The SMILES string of the molecule is C=CCc1cc(C2C3=C(CC(C)(C)CC3=O)N(CC(=O)O)C3=C2C(=O)CC(C)(C)C3)cc(OC)c1OCC(=O)O. The molecule has 1 aromatic rings. The zero-order chi connectivity index (χ0) is 29.6. The lowest BCUT2D eigenvalue weighted by Gasteiger charge is -2.48. The molecule has 9 nitrogen and oxygen atoms in total. The van der Waals surface area contributed by atoms with Crippen LogP contribution in [0, 0.1) is 10.8 Å². The standard InChI is InChI=1S/C31H37NO8/c1-7-8-17-9-18(10-23(39-6)29(17)40-16-25(37)38)26-27-19(11-30(2,3)13-21(27)33)32(15-24(35)36)20-12-31(4,5)14-22(34)28(20)26/h7,9-10,26H,1,8,11-16H2,2-6H3,(H,35,36)(H,37,38). The van der Waals surface area contributed by atoms with Gasteiger partial charge in [0.15, 0.2) is 29.7 Å². The summed E-state index contributed by atoms with van der Waals surface area (Å²) in [6, 6.07) is 3.50. The fourth-order valence-electron chi connectivity index (χ4n) is 6.31. The first-order valence-corrected chi connectivity index (χ1v) is 13.4. The fraction of sp³-hybridized carbons (Fsp3) is 0.484. The minimum atomic E-state index is -1.14. The number of carboxylic acids is 2. The van der Waals surface area contributed by atoms with Gasteiger partial charge in [0.2, 0.25) is 0 Å². The van der Waals surface area contributed by atoms with E-state index in [9.17, 15) is 29.4 Å². The molecule has 0 saturated carbocycles. The summed E-state index contributed by atoms with van der Waals surface area (Å²) in [6.07, 6.45) is 3.49. The first-order chi connectivity index (χ1) is 18.7. The van der Waals surface area contributed by atoms with Crippen molar-refractivity contribution in [2.24, 2.45) is 10.8 Å². The Morgan fingerprint density at radius 2 is 1.52 bits per heavy atom. The molecule has 1 aromatic carbocycles. The summed E-state index contributed by atoms with van der Waals surface area (Å²) in [4.78, 5) is 52.7. The molecule has 0 atom stereocenters. The molecule has 1 heterocycles. The highest BCUT2D eigenvalue weighted by molar-refractivity contribution is 6.07. The highest BCUT2D eigenvalue weighted by atomic mass is 16.5. The van der Waals surface area contributed by atoms with E-state index in [1.54, 1.807) is 17.0 Å². The van der Waals surface area contributed by atoms with Crippen LogP contribution in [0.5, 0.6) is 11.5 Å². The fourth-order valence-corrected chi connectivity index (χ4v) is 6.31. The number of carboxylic acid groups (broad SMARTS) is 2. The number of carbonyl (C=O) groups is 4. The molecule has 2 aliphatic carbocycles. The topological polar surface area (TPSA) is 130 Å². The number of benzene rings is 1. The molecule has 0 spiro atoms. The van der Waals surface area contributed by atoms with Gasteiger partial charge in [0, 0.05) is 46.9 Å². The van der Waals surface area contributed by atoms with Gasteiger partial charge < -0.3 is 24.6 Å². The number of Topliss-reactive ketones (excluding diaryl/α,β-unsaturated/α-hetero) is 2. The first-order valence-electron chi connectivity index (χ1n) is 13.4. The molecule has 4 rings (SSSR count). The van der Waals surface area contributed by atoms with Crippen molar-refractivity contribution in [3.8, 4) is 11.5 Å². The van der Waals surface area contributed by atoms with E-state index in [4.69, 9.17) is 9.47 Å². The van der Waals surface area contributed by atoms with Crippen LogP contribution in [0.2, 0.25) is 0 Å². The van der Waals surface area contributed by atoms with Crippen LogP contribution >= 0.6 is 0 Å². The predicted molar refractivity (Wildman–Crippen MR) is 147 cm³/mol. The third-order valence-corrected chi connectivity index (χ3v) is 7.73. The second-order valence-corrected chi connectivity index (χ2v) is 12.4. The van der Waals surface area contributed by atoms with E-state index in [0.717, 1.165) is 0 Å². The summed E-state index contributed by atoms with van der Waals surface area (Å²) in [5.74, 6) is -2.60. The molecule has 3 aliphatic rings. The zero-order valence-electron chi connectivity index (χ0n) is 23.8. The van der Waals surface area contributed by atoms with Crippen molar-refractivity contribution in [1.82, 2.24) is 4.90 Å². The number of nitrogens with zero attached hydrogens (tertiary/aromatic N) is 1. The number of hydrogen-bond donors (Lipinski definition) is 2. The second-order valence-electron chi connectivity index (χ2n) is 12.4. The Bertz CT molecular complexity index is 1310. The Kier molecular flexibility index (Phi) is 7.71. The summed E-state index contributed by atoms with van der Waals surface area (Å²) >= 11 is 0. The Balaban J connectivity index is 2.03. The van der Waals surface area contributed by atoms with Gasteiger partial charge in [-0.3, -0.25) is 14.4 Å². The highest BCUT2D eigenvalue weighted by Gasteiger charge is 2.49. The lowest BCUT2D eigenvalue weighted by atomic mass is 9.63. The smallest absolute Gasteiger partial charge is 0.341 e. The largest absolute Gasteiger partial charge is 0.493 e. The van der Waals surface area contributed by atoms with E-state index in [2.05, 4.69) is 6.58 Å². The van der Waals surface area contributed by atoms with E-state index in [1.165, 1.54) is 7.11 Å². The molecule has 40 heavy (non-hydrogen) atoms. The number of methoxy groups -OCH3 is 1. The monoisotopic (exact) mass is 551 g/mol. The van der Waals surface area contributed by atoms with E-state index in [-0.39, 0.29) is 53.3 Å². The molecular formula is C31H37NO8. The number of ketones is 2. The van der Waals surface area contributed by atoms with Crippen LogP contribution in [0.1, 0.15) is 70.4 Å². The summed E-state index contributed by atoms with van der Waals surface area (Å²) in [7, 11) is 1.44. The molecule has 214 valence electrons. The van der Waals surface area contributed by atoms with Crippen molar-refractivity contribution in [3.05, 3.63) is 58.5 Å². The first kappa shape index (κ1) is 29.1. The number of ether oxygens (including phenoxy) is 2. The normalized spacial score (nSPS) is 20.2. The third kappa shape index (κ3) is 5.55. The Hall–Kier alpha value is -3.88. The average molecular weight is 552 g/mol. The maximum Gasteiger partial charge on any atom is 0.341 e. The quantitative estimate of drug-likeness (QED) is 0.421. The van der Waals surface area contributed by atoms with Crippen molar-refractivity contribution < 1.29 is 38.9 Å². The summed E-state index contributed by atoms with van der Waals surface area (Å²) in [6.45, 7) is 10.9. The molecule has 1 aliphatic heterocycles. The number of rotatable bonds is 9. The van der Waals surface area contributed by atoms with Gasteiger partial charge in [-0.05, 0) is 41.7 Å². The van der Waals surface area contributed by atoms with Gasteiger partial charge in [-0.25, -0.2) is 4.79 Å². The van der Waals surface area contributed by atoms with Crippen LogP contribution in [0.3, 0.4) is 0 Å². The highest BCUT2D eigenvalue weighted by Crippen LogP contribution is 2.55. The molecule has 2 N–H and O–H groups in total. The van der Waals surface area contributed by atoms with Crippen LogP contribution in [0.4, 0.5) is 0 Å². The van der Waals surface area contributed by atoms with E-state index in [0.29, 0.717) is 52.9 Å². The van der Waals surface area contributed by atoms with E-state index >= 15 is 0 Å². The molecule has 0 fully saturated rings. The molecule has 0 unspecified atom stereocenters. The molecule has 0 bridgehead atoms. The van der Waals surface area contributed by atoms with Gasteiger partial charge in [-0.15, -0.1) is 6.58 Å². The lowest BCUT2D eigenvalue weighted by Crippen LogP contribution is -2.45. The third-order valence-electron chi connectivity index (χ3n) is 7.73. The van der Waals surface area contributed by atoms with E-state index < -0.39 is 24.5 Å². The van der Waals surface area contributed by atoms with Crippen molar-refractivity contribution in [2.45, 2.75) is 65.7 Å². The van der Waals surface area contributed by atoms with Gasteiger partial charge in [0.25, 0.3) is 0 Å². The Labute approximate surface area is 234 Å². The predicted octanol–water partition coefficient (Wildman–Crippen LogP) is 4.66. The maximum atomic E-state index is 13.9. The number of aliphatic carboxylic acids is 2. The Morgan fingerprint density at radius 3 is 1.98 bits per heavy atom. The van der Waals surface area contributed by atoms with Gasteiger partial charge in [-0.2, -0.15) is 0 Å².